The molecule has 1 aromatic carbocycles. The number of rotatable bonds is 5. The fourth-order valence-electron chi connectivity index (χ4n) is 2.71. The van der Waals surface area contributed by atoms with Crippen molar-refractivity contribution < 1.29 is 17.9 Å². The zero-order valence-electron chi connectivity index (χ0n) is 12.6. The van der Waals surface area contributed by atoms with E-state index in [1.54, 1.807) is 6.07 Å². The third-order valence-electron chi connectivity index (χ3n) is 4.28. The molecule has 1 aliphatic carbocycles. The quantitative estimate of drug-likeness (QED) is 0.878. The Hall–Kier alpha value is -1.23. The van der Waals surface area contributed by atoms with Crippen LogP contribution in [0.3, 0.4) is 0 Å². The van der Waals surface area contributed by atoms with Gasteiger partial charge in [0.1, 0.15) is 11.9 Å². The molecule has 2 atom stereocenters. The maximum atomic E-state index is 13.0. The van der Waals surface area contributed by atoms with E-state index in [4.69, 9.17) is 4.74 Å². The topological polar surface area (TPSA) is 21.3 Å². The molecule has 2 unspecified atom stereocenters. The van der Waals surface area contributed by atoms with Crippen LogP contribution in [0.1, 0.15) is 39.2 Å². The second-order valence-corrected chi connectivity index (χ2v) is 6.16. The van der Waals surface area contributed by atoms with Gasteiger partial charge >= 0.3 is 6.18 Å². The number of hydrogen-bond acceptors (Lipinski definition) is 2. The molecular formula is C16H22F3NO. The number of para-hydroxylation sites is 1. The SMILES string of the molecule is CCCNC1CC(Oc2ccccc2C(F)(F)F)C1(C)C. The fourth-order valence-corrected chi connectivity index (χ4v) is 2.71. The largest absolute Gasteiger partial charge is 0.489 e. The van der Waals surface area contributed by atoms with Crippen LogP contribution in [0.4, 0.5) is 13.2 Å². The van der Waals surface area contributed by atoms with Crippen molar-refractivity contribution in [2.24, 2.45) is 5.41 Å². The van der Waals surface area contributed by atoms with E-state index in [0.717, 1.165) is 25.5 Å². The minimum absolute atomic E-state index is 0.0722. The monoisotopic (exact) mass is 301 g/mol. The highest BCUT2D eigenvalue weighted by Gasteiger charge is 2.50. The lowest BCUT2D eigenvalue weighted by Gasteiger charge is -2.52. The molecule has 1 aromatic rings. The van der Waals surface area contributed by atoms with Gasteiger partial charge in [-0.3, -0.25) is 0 Å². The van der Waals surface area contributed by atoms with Crippen molar-refractivity contribution in [1.29, 1.82) is 0 Å². The first-order chi connectivity index (χ1) is 9.76. The van der Waals surface area contributed by atoms with E-state index in [1.807, 2.05) is 13.8 Å². The first-order valence-electron chi connectivity index (χ1n) is 7.33. The molecule has 118 valence electrons. The molecule has 2 nitrogen and oxygen atoms in total. The molecule has 0 aliphatic heterocycles. The summed E-state index contributed by atoms with van der Waals surface area (Å²) in [6, 6.07) is 5.70. The van der Waals surface area contributed by atoms with Crippen LogP contribution in [-0.4, -0.2) is 18.7 Å². The molecule has 0 bridgehead atoms. The lowest BCUT2D eigenvalue weighted by Crippen LogP contribution is -2.62. The molecule has 0 heterocycles. The van der Waals surface area contributed by atoms with Crippen molar-refractivity contribution >= 4 is 0 Å². The van der Waals surface area contributed by atoms with Crippen LogP contribution in [0, 0.1) is 5.41 Å². The molecule has 21 heavy (non-hydrogen) atoms. The summed E-state index contributed by atoms with van der Waals surface area (Å²) in [7, 11) is 0. The van der Waals surface area contributed by atoms with Crippen LogP contribution in [0.15, 0.2) is 24.3 Å². The zero-order valence-corrected chi connectivity index (χ0v) is 12.6. The normalized spacial score (nSPS) is 24.5. The fraction of sp³-hybridized carbons (Fsp3) is 0.625. The number of halogens is 3. The molecule has 1 fully saturated rings. The molecule has 2 rings (SSSR count). The highest BCUT2D eigenvalue weighted by atomic mass is 19.4. The van der Waals surface area contributed by atoms with Crippen LogP contribution in [0.2, 0.25) is 0 Å². The third-order valence-corrected chi connectivity index (χ3v) is 4.28. The predicted molar refractivity (Wildman–Crippen MR) is 76.3 cm³/mol. The van der Waals surface area contributed by atoms with Crippen molar-refractivity contribution in [3.05, 3.63) is 29.8 Å². The van der Waals surface area contributed by atoms with Gasteiger partial charge in [0.2, 0.25) is 0 Å². The molecule has 0 saturated heterocycles. The summed E-state index contributed by atoms with van der Waals surface area (Å²) >= 11 is 0. The van der Waals surface area contributed by atoms with E-state index in [9.17, 15) is 13.2 Å². The van der Waals surface area contributed by atoms with Gasteiger partial charge in [0, 0.05) is 17.9 Å². The molecule has 1 aliphatic rings. The average molecular weight is 301 g/mol. The molecule has 0 aromatic heterocycles. The summed E-state index contributed by atoms with van der Waals surface area (Å²) in [4.78, 5) is 0. The van der Waals surface area contributed by atoms with Crippen molar-refractivity contribution in [1.82, 2.24) is 5.32 Å². The second kappa shape index (κ2) is 5.87. The predicted octanol–water partition coefficient (Wildman–Crippen LogP) is 4.25. The minimum Gasteiger partial charge on any atom is -0.489 e. The van der Waals surface area contributed by atoms with Gasteiger partial charge in [-0.05, 0) is 25.1 Å². The van der Waals surface area contributed by atoms with Gasteiger partial charge in [0.05, 0.1) is 5.56 Å². The lowest BCUT2D eigenvalue weighted by atomic mass is 9.64. The minimum atomic E-state index is -4.38. The zero-order chi connectivity index (χ0) is 15.7. The highest BCUT2D eigenvalue weighted by Crippen LogP contribution is 2.45. The van der Waals surface area contributed by atoms with Gasteiger partial charge < -0.3 is 10.1 Å². The summed E-state index contributed by atoms with van der Waals surface area (Å²) in [6.07, 6.45) is -2.81. The van der Waals surface area contributed by atoms with E-state index in [0.29, 0.717) is 6.04 Å². The van der Waals surface area contributed by atoms with Gasteiger partial charge in [0.25, 0.3) is 0 Å². The van der Waals surface area contributed by atoms with Crippen LogP contribution < -0.4 is 10.1 Å². The Kier molecular flexibility index (Phi) is 4.51. The first-order valence-corrected chi connectivity index (χ1v) is 7.33. The smallest absolute Gasteiger partial charge is 0.419 e. The first kappa shape index (κ1) is 16.1. The average Bonchev–Trinajstić information content (AvgIpc) is 2.41. The van der Waals surface area contributed by atoms with Gasteiger partial charge in [-0.1, -0.05) is 32.9 Å². The van der Waals surface area contributed by atoms with Gasteiger partial charge in [-0.15, -0.1) is 0 Å². The lowest BCUT2D eigenvalue weighted by molar-refractivity contribution is -0.141. The third kappa shape index (κ3) is 3.34. The van der Waals surface area contributed by atoms with Crippen molar-refractivity contribution in [2.75, 3.05) is 6.54 Å². The van der Waals surface area contributed by atoms with Crippen molar-refractivity contribution in [2.45, 2.75) is 51.9 Å². The van der Waals surface area contributed by atoms with Crippen LogP contribution in [-0.2, 0) is 6.18 Å². The summed E-state index contributed by atoms with van der Waals surface area (Å²) in [5, 5.41) is 3.42. The molecule has 1 N–H and O–H groups in total. The Balaban J connectivity index is 2.07. The highest BCUT2D eigenvalue weighted by molar-refractivity contribution is 5.36. The molecule has 0 spiro atoms. The molecule has 1 saturated carbocycles. The molecule has 5 heteroatoms. The summed E-state index contributed by atoms with van der Waals surface area (Å²) in [5.74, 6) is -0.0722. The number of alkyl halides is 3. The van der Waals surface area contributed by atoms with Crippen LogP contribution in [0.25, 0.3) is 0 Å². The molecular weight excluding hydrogens is 279 g/mol. The van der Waals surface area contributed by atoms with E-state index >= 15 is 0 Å². The summed E-state index contributed by atoms with van der Waals surface area (Å²) in [5.41, 5.74) is -0.876. The van der Waals surface area contributed by atoms with Crippen molar-refractivity contribution in [3.63, 3.8) is 0 Å². The van der Waals surface area contributed by atoms with E-state index in [2.05, 4.69) is 12.2 Å². The molecule has 0 radical (unpaired) electrons. The van der Waals surface area contributed by atoms with E-state index < -0.39 is 11.7 Å². The van der Waals surface area contributed by atoms with Gasteiger partial charge in [0.15, 0.2) is 0 Å². The Morgan fingerprint density at radius 2 is 1.95 bits per heavy atom. The number of benzene rings is 1. The Labute approximate surface area is 123 Å². The molecule has 0 amide bonds. The number of nitrogens with one attached hydrogen (secondary N) is 1. The Morgan fingerprint density at radius 3 is 2.52 bits per heavy atom. The number of hydrogen-bond donors (Lipinski definition) is 1. The maximum Gasteiger partial charge on any atom is 0.419 e. The van der Waals surface area contributed by atoms with E-state index in [-0.39, 0.29) is 17.3 Å². The van der Waals surface area contributed by atoms with Crippen molar-refractivity contribution in [3.8, 4) is 5.75 Å². The summed E-state index contributed by atoms with van der Waals surface area (Å²) in [6.45, 7) is 7.07. The van der Waals surface area contributed by atoms with Gasteiger partial charge in [-0.25, -0.2) is 0 Å². The maximum absolute atomic E-state index is 13.0. The van der Waals surface area contributed by atoms with E-state index in [1.165, 1.54) is 12.1 Å². The Bertz CT molecular complexity index is 485. The Morgan fingerprint density at radius 1 is 1.29 bits per heavy atom. The van der Waals surface area contributed by atoms with Crippen LogP contribution in [0.5, 0.6) is 5.75 Å². The van der Waals surface area contributed by atoms with Crippen LogP contribution >= 0.6 is 0 Å². The van der Waals surface area contributed by atoms with Gasteiger partial charge in [-0.2, -0.15) is 13.2 Å². The second-order valence-electron chi connectivity index (χ2n) is 6.16. The number of ether oxygens (including phenoxy) is 1. The summed E-state index contributed by atoms with van der Waals surface area (Å²) < 4.78 is 44.6. The standard InChI is InChI=1S/C16H22F3NO/c1-4-9-20-13-10-14(15(13,2)3)21-12-8-6-5-7-11(12)16(17,18)19/h5-8,13-14,20H,4,9-10H2,1-3H3.